The highest BCUT2D eigenvalue weighted by Gasteiger charge is 2.24. The molecule has 88 valence electrons. The molecule has 5 heteroatoms. The fourth-order valence-electron chi connectivity index (χ4n) is 0.999. The summed E-state index contributed by atoms with van der Waals surface area (Å²) in [5.41, 5.74) is -1.00. The van der Waals surface area contributed by atoms with E-state index >= 15 is 0 Å². The number of carbonyl (C=O) groups excluding carboxylic acids is 1. The molecule has 4 nitrogen and oxygen atoms in total. The zero-order valence-electron chi connectivity index (χ0n) is 9.37. The molecule has 0 bridgehead atoms. The number of benzene rings is 1. The number of ether oxygens (including phenoxy) is 1. The number of rotatable bonds is 3. The summed E-state index contributed by atoms with van der Waals surface area (Å²) in [6.07, 6.45) is 0. The van der Waals surface area contributed by atoms with E-state index in [1.807, 2.05) is 0 Å². The zero-order valence-corrected chi connectivity index (χ0v) is 10.1. The Morgan fingerprint density at radius 3 is 2.56 bits per heavy atom. The van der Waals surface area contributed by atoms with E-state index < -0.39 is 11.5 Å². The van der Waals surface area contributed by atoms with E-state index in [1.54, 1.807) is 18.2 Å². The van der Waals surface area contributed by atoms with Gasteiger partial charge < -0.3 is 15.2 Å². The normalized spacial score (nSPS) is 11.1. The van der Waals surface area contributed by atoms with E-state index in [-0.39, 0.29) is 0 Å². The summed E-state index contributed by atoms with van der Waals surface area (Å²) in [6.45, 7) is 2.81. The third-order valence-corrected chi connectivity index (χ3v) is 2.29. The SMILES string of the molecule is COc1ccc(NC(=O)C(C)(C)O)c(Cl)c1. The van der Waals surface area contributed by atoms with Crippen LogP contribution < -0.4 is 10.1 Å². The fourth-order valence-corrected chi connectivity index (χ4v) is 1.22. The lowest BCUT2D eigenvalue weighted by Gasteiger charge is -2.17. The molecule has 2 N–H and O–H groups in total. The minimum Gasteiger partial charge on any atom is -0.497 e. The van der Waals surface area contributed by atoms with Gasteiger partial charge in [-0.3, -0.25) is 4.79 Å². The van der Waals surface area contributed by atoms with Gasteiger partial charge in [-0.1, -0.05) is 11.6 Å². The lowest BCUT2D eigenvalue weighted by Crippen LogP contribution is -2.36. The van der Waals surface area contributed by atoms with Crippen LogP contribution in [0.15, 0.2) is 18.2 Å². The molecular weight excluding hydrogens is 230 g/mol. The maximum Gasteiger partial charge on any atom is 0.255 e. The van der Waals surface area contributed by atoms with Crippen LogP contribution in [0.1, 0.15) is 13.8 Å². The first kappa shape index (κ1) is 12.8. The van der Waals surface area contributed by atoms with Crippen molar-refractivity contribution in [2.45, 2.75) is 19.4 Å². The number of hydrogen-bond acceptors (Lipinski definition) is 3. The molecule has 1 aromatic rings. The molecule has 0 heterocycles. The van der Waals surface area contributed by atoms with E-state index in [2.05, 4.69) is 5.32 Å². The van der Waals surface area contributed by atoms with Gasteiger partial charge in [0.25, 0.3) is 5.91 Å². The average Bonchev–Trinajstić information content (AvgIpc) is 2.19. The Balaban J connectivity index is 2.87. The Hall–Kier alpha value is -1.26. The lowest BCUT2D eigenvalue weighted by molar-refractivity contribution is -0.130. The molecule has 1 aromatic carbocycles. The Morgan fingerprint density at radius 2 is 2.12 bits per heavy atom. The minimum atomic E-state index is -1.44. The van der Waals surface area contributed by atoms with Gasteiger partial charge in [0, 0.05) is 6.07 Å². The Kier molecular flexibility index (Phi) is 3.78. The Morgan fingerprint density at radius 1 is 1.50 bits per heavy atom. The number of methoxy groups -OCH3 is 1. The highest BCUT2D eigenvalue weighted by Crippen LogP contribution is 2.27. The quantitative estimate of drug-likeness (QED) is 0.854. The first-order valence-electron chi connectivity index (χ1n) is 4.72. The van der Waals surface area contributed by atoms with Gasteiger partial charge in [0.1, 0.15) is 11.4 Å². The lowest BCUT2D eigenvalue weighted by atomic mass is 10.1. The molecule has 0 aromatic heterocycles. The van der Waals surface area contributed by atoms with E-state index in [1.165, 1.54) is 21.0 Å². The van der Waals surface area contributed by atoms with Gasteiger partial charge in [0.05, 0.1) is 17.8 Å². The first-order valence-corrected chi connectivity index (χ1v) is 5.10. The van der Waals surface area contributed by atoms with Crippen LogP contribution in [0.3, 0.4) is 0 Å². The first-order chi connectivity index (χ1) is 7.34. The molecule has 0 atom stereocenters. The van der Waals surface area contributed by atoms with Crippen LogP contribution in [0.2, 0.25) is 5.02 Å². The summed E-state index contributed by atoms with van der Waals surface area (Å²) in [5.74, 6) is 0.0887. The van der Waals surface area contributed by atoms with Gasteiger partial charge in [0.15, 0.2) is 0 Å². The number of halogens is 1. The van der Waals surface area contributed by atoms with Crippen LogP contribution in [0, 0.1) is 0 Å². The summed E-state index contributed by atoms with van der Waals surface area (Å²) in [6, 6.07) is 4.87. The highest BCUT2D eigenvalue weighted by molar-refractivity contribution is 6.33. The largest absolute Gasteiger partial charge is 0.497 e. The summed E-state index contributed by atoms with van der Waals surface area (Å²) >= 11 is 5.93. The van der Waals surface area contributed by atoms with E-state index in [9.17, 15) is 9.90 Å². The second kappa shape index (κ2) is 4.72. The van der Waals surface area contributed by atoms with Crippen molar-refractivity contribution < 1.29 is 14.6 Å². The summed E-state index contributed by atoms with van der Waals surface area (Å²) in [7, 11) is 1.53. The van der Waals surface area contributed by atoms with Gasteiger partial charge >= 0.3 is 0 Å². The van der Waals surface area contributed by atoms with Crippen molar-refractivity contribution in [2.24, 2.45) is 0 Å². The predicted octanol–water partition coefficient (Wildman–Crippen LogP) is 2.06. The van der Waals surface area contributed by atoms with Crippen LogP contribution in [0.25, 0.3) is 0 Å². The number of hydrogen-bond donors (Lipinski definition) is 2. The molecule has 16 heavy (non-hydrogen) atoms. The smallest absolute Gasteiger partial charge is 0.255 e. The number of carbonyl (C=O) groups is 1. The molecule has 0 aliphatic rings. The van der Waals surface area contributed by atoms with Gasteiger partial charge in [-0.05, 0) is 26.0 Å². The molecule has 0 saturated heterocycles. The van der Waals surface area contributed by atoms with Crippen LogP contribution in [-0.4, -0.2) is 23.7 Å². The molecule has 0 aliphatic heterocycles. The predicted molar refractivity (Wildman–Crippen MR) is 62.9 cm³/mol. The van der Waals surface area contributed by atoms with Crippen molar-refractivity contribution in [2.75, 3.05) is 12.4 Å². The molecule has 0 unspecified atom stereocenters. The van der Waals surface area contributed by atoms with E-state index in [0.29, 0.717) is 16.5 Å². The van der Waals surface area contributed by atoms with E-state index in [0.717, 1.165) is 0 Å². The van der Waals surface area contributed by atoms with Crippen molar-refractivity contribution in [3.8, 4) is 5.75 Å². The van der Waals surface area contributed by atoms with E-state index in [4.69, 9.17) is 16.3 Å². The number of nitrogens with one attached hydrogen (secondary N) is 1. The molecule has 0 radical (unpaired) electrons. The van der Waals surface area contributed by atoms with Crippen molar-refractivity contribution in [1.29, 1.82) is 0 Å². The standard InChI is InChI=1S/C11H14ClNO3/c1-11(2,15)10(14)13-9-5-4-7(16-3)6-8(9)12/h4-6,15H,1-3H3,(H,13,14). The number of anilines is 1. The van der Waals surface area contributed by atoms with Crippen molar-refractivity contribution >= 4 is 23.2 Å². The van der Waals surface area contributed by atoms with Crippen molar-refractivity contribution in [3.63, 3.8) is 0 Å². The topological polar surface area (TPSA) is 58.6 Å². The Labute approximate surface area is 99.2 Å². The summed E-state index contributed by atoms with van der Waals surface area (Å²) in [4.78, 5) is 11.5. The van der Waals surface area contributed by atoms with Crippen molar-refractivity contribution in [1.82, 2.24) is 0 Å². The molecule has 0 spiro atoms. The Bertz CT molecular complexity index is 399. The maximum absolute atomic E-state index is 11.5. The average molecular weight is 244 g/mol. The number of aliphatic hydroxyl groups is 1. The molecule has 0 fully saturated rings. The maximum atomic E-state index is 11.5. The van der Waals surface area contributed by atoms with Crippen LogP contribution in [-0.2, 0) is 4.79 Å². The highest BCUT2D eigenvalue weighted by atomic mass is 35.5. The van der Waals surface area contributed by atoms with Crippen molar-refractivity contribution in [3.05, 3.63) is 23.2 Å². The monoisotopic (exact) mass is 243 g/mol. The third-order valence-electron chi connectivity index (χ3n) is 1.98. The molecule has 1 amide bonds. The van der Waals surface area contributed by atoms with Crippen LogP contribution in [0.5, 0.6) is 5.75 Å². The van der Waals surface area contributed by atoms with Crippen LogP contribution in [0.4, 0.5) is 5.69 Å². The summed E-state index contributed by atoms with van der Waals surface area (Å²) in [5, 5.41) is 12.3. The van der Waals surface area contributed by atoms with Gasteiger partial charge in [-0.2, -0.15) is 0 Å². The van der Waals surface area contributed by atoms with Gasteiger partial charge in [-0.25, -0.2) is 0 Å². The minimum absolute atomic E-state index is 0.358. The van der Waals surface area contributed by atoms with Gasteiger partial charge in [-0.15, -0.1) is 0 Å². The fraction of sp³-hybridized carbons (Fsp3) is 0.364. The van der Waals surface area contributed by atoms with Crippen LogP contribution >= 0.6 is 11.6 Å². The molecule has 0 saturated carbocycles. The number of amides is 1. The van der Waals surface area contributed by atoms with Gasteiger partial charge in [0.2, 0.25) is 0 Å². The zero-order chi connectivity index (χ0) is 12.3. The summed E-state index contributed by atoms with van der Waals surface area (Å²) < 4.78 is 4.98. The third kappa shape index (κ3) is 3.12. The second-order valence-electron chi connectivity index (χ2n) is 3.86. The molecule has 1 rings (SSSR count). The second-order valence-corrected chi connectivity index (χ2v) is 4.27. The molecular formula is C11H14ClNO3. The molecule has 0 aliphatic carbocycles.